The van der Waals surface area contributed by atoms with E-state index in [-0.39, 0.29) is 34.6 Å². The minimum absolute atomic E-state index is 0.0884. The first-order valence-corrected chi connectivity index (χ1v) is 10.6. The van der Waals surface area contributed by atoms with Gasteiger partial charge in [0.2, 0.25) is 0 Å². The summed E-state index contributed by atoms with van der Waals surface area (Å²) in [6, 6.07) is 5.88. The van der Waals surface area contributed by atoms with Crippen LogP contribution in [0.2, 0.25) is 10.0 Å². The van der Waals surface area contributed by atoms with Crippen LogP contribution in [0.5, 0.6) is 0 Å². The first-order chi connectivity index (χ1) is 12.7. The molecule has 1 saturated heterocycles. The van der Waals surface area contributed by atoms with Crippen LogP contribution in [0.15, 0.2) is 34.9 Å². The number of carbonyl (C=O) groups is 2. The Morgan fingerprint density at radius 2 is 1.85 bits per heavy atom. The number of nitrogens with zero attached hydrogens (tertiary/aromatic N) is 2. The summed E-state index contributed by atoms with van der Waals surface area (Å²) in [5.74, 6) is -1.84. The fourth-order valence-electron chi connectivity index (χ4n) is 3.20. The molecule has 0 spiro atoms. The van der Waals surface area contributed by atoms with Gasteiger partial charge in [-0.05, 0) is 37.1 Å². The summed E-state index contributed by atoms with van der Waals surface area (Å²) in [5.41, 5.74) is 0.480. The number of carbonyl (C=O) groups excluding carboxylic acids is 2. The van der Waals surface area contributed by atoms with Crippen molar-refractivity contribution in [2.45, 2.75) is 19.4 Å². The Labute approximate surface area is 166 Å². The predicted octanol–water partition coefficient (Wildman–Crippen LogP) is 2.77. The Morgan fingerprint density at radius 1 is 1.22 bits per heavy atom. The number of imide groups is 1. The second kappa shape index (κ2) is 7.12. The van der Waals surface area contributed by atoms with Gasteiger partial charge >= 0.3 is 0 Å². The molecule has 1 atom stereocenters. The zero-order valence-electron chi connectivity index (χ0n) is 14.2. The molecule has 0 radical (unpaired) electrons. The second-order valence-electron chi connectivity index (χ2n) is 6.34. The van der Waals surface area contributed by atoms with Gasteiger partial charge in [-0.25, -0.2) is 8.42 Å². The van der Waals surface area contributed by atoms with E-state index in [0.717, 1.165) is 4.90 Å². The largest absolute Gasteiger partial charge is 0.271 e. The summed E-state index contributed by atoms with van der Waals surface area (Å²) in [7, 11) is -3.33. The molecule has 0 bridgehead atoms. The van der Waals surface area contributed by atoms with E-state index in [9.17, 15) is 23.3 Å². The van der Waals surface area contributed by atoms with Gasteiger partial charge < -0.3 is 0 Å². The Kier molecular flexibility index (Phi) is 5.17. The van der Waals surface area contributed by atoms with Gasteiger partial charge in [-0.3, -0.25) is 14.5 Å². The maximum absolute atomic E-state index is 13.0. The summed E-state index contributed by atoms with van der Waals surface area (Å²) < 4.78 is 23.6. The summed E-state index contributed by atoms with van der Waals surface area (Å²) in [4.78, 5) is 26.6. The Balaban J connectivity index is 2.15. The van der Waals surface area contributed by atoms with Crippen LogP contribution in [-0.2, 0) is 19.4 Å². The first-order valence-electron chi connectivity index (χ1n) is 8.01. The van der Waals surface area contributed by atoms with Crippen molar-refractivity contribution in [1.29, 1.82) is 5.26 Å². The third-order valence-corrected chi connectivity index (χ3v) is 7.04. The van der Waals surface area contributed by atoms with Gasteiger partial charge in [0.05, 0.1) is 17.5 Å². The van der Waals surface area contributed by atoms with E-state index in [2.05, 4.69) is 0 Å². The molecule has 27 heavy (non-hydrogen) atoms. The Morgan fingerprint density at radius 3 is 2.37 bits per heavy atom. The summed E-state index contributed by atoms with van der Waals surface area (Å²) in [6.45, 7) is 1.49. The SMILES string of the molecule is CC1=C(C#N)C(=O)N(C2CCS(=O)(=O)C2)C(=O)C1=Cc1c(Cl)cccc1Cl. The van der Waals surface area contributed by atoms with E-state index in [1.165, 1.54) is 13.0 Å². The third kappa shape index (κ3) is 3.53. The lowest BCUT2D eigenvalue weighted by Crippen LogP contribution is -2.49. The van der Waals surface area contributed by atoms with Crippen LogP contribution in [0.1, 0.15) is 18.9 Å². The van der Waals surface area contributed by atoms with Gasteiger partial charge in [-0.15, -0.1) is 0 Å². The van der Waals surface area contributed by atoms with E-state index >= 15 is 0 Å². The number of sulfone groups is 1. The maximum Gasteiger partial charge on any atom is 0.271 e. The Bertz CT molecular complexity index is 1050. The number of nitriles is 1. The van der Waals surface area contributed by atoms with Crippen LogP contribution in [0.3, 0.4) is 0 Å². The van der Waals surface area contributed by atoms with Gasteiger partial charge in [-0.2, -0.15) is 5.26 Å². The van der Waals surface area contributed by atoms with Gasteiger partial charge in [0.25, 0.3) is 11.8 Å². The monoisotopic (exact) mass is 424 g/mol. The Hall–Kier alpha value is -2.14. The minimum Gasteiger partial charge on any atom is -0.270 e. The fraction of sp³-hybridized carbons (Fsp3) is 0.278. The zero-order chi connectivity index (χ0) is 19.9. The topological polar surface area (TPSA) is 95.3 Å². The van der Waals surface area contributed by atoms with Crippen molar-refractivity contribution in [2.24, 2.45) is 0 Å². The van der Waals surface area contributed by atoms with Crippen LogP contribution < -0.4 is 0 Å². The molecular formula is C18H14Cl2N2O4S. The van der Waals surface area contributed by atoms with Crippen molar-refractivity contribution < 1.29 is 18.0 Å². The molecule has 2 aliphatic heterocycles. The fourth-order valence-corrected chi connectivity index (χ4v) is 5.41. The minimum atomic E-state index is -3.33. The summed E-state index contributed by atoms with van der Waals surface area (Å²) >= 11 is 12.3. The molecule has 2 amide bonds. The lowest BCUT2D eigenvalue weighted by molar-refractivity contribution is -0.142. The zero-order valence-corrected chi connectivity index (χ0v) is 16.5. The van der Waals surface area contributed by atoms with Crippen molar-refractivity contribution in [2.75, 3.05) is 11.5 Å². The molecule has 3 rings (SSSR count). The lowest BCUT2D eigenvalue weighted by atomic mass is 9.92. The van der Waals surface area contributed by atoms with E-state index in [1.807, 2.05) is 6.07 Å². The average Bonchev–Trinajstić information content (AvgIpc) is 2.94. The third-order valence-electron chi connectivity index (χ3n) is 4.63. The molecule has 1 fully saturated rings. The van der Waals surface area contributed by atoms with Crippen LogP contribution >= 0.6 is 23.2 Å². The highest BCUT2D eigenvalue weighted by Gasteiger charge is 2.43. The molecule has 2 heterocycles. The van der Waals surface area contributed by atoms with Crippen molar-refractivity contribution in [3.63, 3.8) is 0 Å². The number of rotatable bonds is 2. The van der Waals surface area contributed by atoms with Crippen molar-refractivity contribution >= 4 is 50.9 Å². The van der Waals surface area contributed by atoms with E-state index in [1.54, 1.807) is 18.2 Å². The number of hydrogen-bond donors (Lipinski definition) is 0. The number of hydrogen-bond acceptors (Lipinski definition) is 5. The number of halogens is 2. The molecule has 0 aliphatic carbocycles. The quantitative estimate of drug-likeness (QED) is 0.537. The lowest BCUT2D eigenvalue weighted by Gasteiger charge is -2.31. The van der Waals surface area contributed by atoms with Crippen molar-refractivity contribution in [3.8, 4) is 6.07 Å². The highest BCUT2D eigenvalue weighted by atomic mass is 35.5. The summed E-state index contributed by atoms with van der Waals surface area (Å²) in [6.07, 6.45) is 1.58. The van der Waals surface area contributed by atoms with Crippen molar-refractivity contribution in [1.82, 2.24) is 4.90 Å². The molecule has 6 nitrogen and oxygen atoms in total. The van der Waals surface area contributed by atoms with Crippen LogP contribution in [-0.4, -0.2) is 42.7 Å². The first kappa shape index (κ1) is 19.6. The number of amides is 2. The second-order valence-corrected chi connectivity index (χ2v) is 9.39. The van der Waals surface area contributed by atoms with Crippen molar-refractivity contribution in [3.05, 3.63) is 50.5 Å². The van der Waals surface area contributed by atoms with Gasteiger partial charge in [-0.1, -0.05) is 29.3 Å². The van der Waals surface area contributed by atoms with Gasteiger partial charge in [0.1, 0.15) is 11.6 Å². The molecule has 1 aromatic carbocycles. The van der Waals surface area contributed by atoms with Crippen LogP contribution in [0.25, 0.3) is 6.08 Å². The predicted molar refractivity (Wildman–Crippen MR) is 102 cm³/mol. The van der Waals surface area contributed by atoms with Gasteiger partial charge in [0.15, 0.2) is 9.84 Å². The average molecular weight is 425 g/mol. The maximum atomic E-state index is 13.0. The van der Waals surface area contributed by atoms with Gasteiger partial charge in [0, 0.05) is 21.2 Å². The van der Waals surface area contributed by atoms with E-state index in [4.69, 9.17) is 23.2 Å². The van der Waals surface area contributed by atoms with Crippen LogP contribution in [0.4, 0.5) is 0 Å². The molecule has 9 heteroatoms. The molecule has 0 N–H and O–H groups in total. The molecule has 0 aromatic heterocycles. The van der Waals surface area contributed by atoms with Crippen LogP contribution in [0, 0.1) is 11.3 Å². The highest BCUT2D eigenvalue weighted by Crippen LogP contribution is 2.34. The normalized spacial score (nSPS) is 23.9. The molecule has 2 aliphatic rings. The molecule has 1 aromatic rings. The van der Waals surface area contributed by atoms with E-state index < -0.39 is 27.7 Å². The number of benzene rings is 1. The molecule has 140 valence electrons. The molecule has 0 saturated carbocycles. The standard InChI is InChI=1S/C18H14Cl2N2O4S/c1-10-12(7-13-15(19)3-2-4-16(13)20)17(23)22(18(24)14(10)8-21)11-5-6-27(25,26)9-11/h2-4,7,11H,5-6,9H2,1H3. The molecule has 1 unspecified atom stereocenters. The highest BCUT2D eigenvalue weighted by molar-refractivity contribution is 7.91. The smallest absolute Gasteiger partial charge is 0.270 e. The summed E-state index contributed by atoms with van der Waals surface area (Å²) in [5, 5.41) is 10.0. The molecular weight excluding hydrogens is 411 g/mol. The van der Waals surface area contributed by atoms with E-state index in [0.29, 0.717) is 15.6 Å².